The molecule has 0 N–H and O–H groups in total. The molecule has 0 aromatic heterocycles. The number of hydrogen-bond acceptors (Lipinski definition) is 3. The van der Waals surface area contributed by atoms with E-state index in [-0.39, 0.29) is 16.7 Å². The summed E-state index contributed by atoms with van der Waals surface area (Å²) >= 11 is 12.5. The monoisotopic (exact) mass is 536 g/mol. The van der Waals surface area contributed by atoms with E-state index in [1.807, 2.05) is 17.0 Å². The van der Waals surface area contributed by atoms with Gasteiger partial charge in [0.2, 0.25) is 0 Å². The summed E-state index contributed by atoms with van der Waals surface area (Å²) in [5, 5.41) is 0.894. The van der Waals surface area contributed by atoms with Crippen LogP contribution in [0.15, 0.2) is 60.7 Å². The van der Waals surface area contributed by atoms with Crippen molar-refractivity contribution in [1.29, 1.82) is 0 Å². The number of methoxy groups -OCH3 is 1. The molecule has 1 fully saturated rings. The zero-order valence-corrected chi connectivity index (χ0v) is 23.5. The minimum Gasteiger partial charge on any atom is -0.497 e. The molecule has 0 aliphatic carbocycles. The molecule has 1 amide bonds. The fourth-order valence-corrected chi connectivity index (χ4v) is 6.19. The van der Waals surface area contributed by atoms with Crippen LogP contribution < -0.4 is 9.64 Å². The van der Waals surface area contributed by atoms with Gasteiger partial charge in [-0.1, -0.05) is 68.2 Å². The molecule has 6 heteroatoms. The molecule has 4 nitrogen and oxygen atoms in total. The molecular formula is C31H34Cl2N2O2. The average molecular weight is 538 g/mol. The predicted octanol–water partition coefficient (Wildman–Crippen LogP) is 7.49. The van der Waals surface area contributed by atoms with Crippen LogP contribution in [0.2, 0.25) is 10.0 Å². The first-order valence-corrected chi connectivity index (χ1v) is 13.6. The maximum atomic E-state index is 13.7. The second-order valence-electron chi connectivity index (χ2n) is 11.4. The summed E-state index contributed by atoms with van der Waals surface area (Å²) in [6, 6.07) is 20.1. The number of ether oxygens (including phenoxy) is 1. The van der Waals surface area contributed by atoms with E-state index in [1.54, 1.807) is 25.3 Å². The first-order chi connectivity index (χ1) is 17.6. The molecule has 194 valence electrons. The van der Waals surface area contributed by atoms with Crippen LogP contribution in [0.5, 0.6) is 5.75 Å². The quantitative estimate of drug-likeness (QED) is 0.346. The van der Waals surface area contributed by atoms with E-state index >= 15 is 0 Å². The number of halogens is 2. The standard InChI is InChI=1S/C31H34Cl2N2O2/c1-30(2,3)22-7-5-21(6-8-22)19-34-15-13-31(14-16-34)20-35(28-12-10-24(37-4)18-26(28)31)29(36)25-11-9-23(32)17-27(25)33/h5-12,17-18H,13-16,19-20H2,1-4H3. The van der Waals surface area contributed by atoms with E-state index in [0.717, 1.165) is 43.9 Å². The first kappa shape index (κ1) is 26.1. The molecule has 3 aromatic carbocycles. The molecule has 0 bridgehead atoms. The highest BCUT2D eigenvalue weighted by Gasteiger charge is 2.47. The van der Waals surface area contributed by atoms with Crippen molar-refractivity contribution in [2.75, 3.05) is 31.6 Å². The van der Waals surface area contributed by atoms with Gasteiger partial charge >= 0.3 is 0 Å². The van der Waals surface area contributed by atoms with Crippen LogP contribution in [0.1, 0.15) is 60.7 Å². The van der Waals surface area contributed by atoms with Gasteiger partial charge in [-0.3, -0.25) is 9.69 Å². The third kappa shape index (κ3) is 5.12. The van der Waals surface area contributed by atoms with Crippen molar-refractivity contribution < 1.29 is 9.53 Å². The second-order valence-corrected chi connectivity index (χ2v) is 12.2. The van der Waals surface area contributed by atoms with Crippen LogP contribution in [0.3, 0.4) is 0 Å². The van der Waals surface area contributed by atoms with Crippen LogP contribution in [-0.4, -0.2) is 37.6 Å². The van der Waals surface area contributed by atoms with E-state index < -0.39 is 0 Å². The molecule has 37 heavy (non-hydrogen) atoms. The lowest BCUT2D eigenvalue weighted by Gasteiger charge is -2.40. The number of fused-ring (bicyclic) bond motifs is 2. The fraction of sp³-hybridized carbons (Fsp3) is 0.387. The van der Waals surface area contributed by atoms with Crippen LogP contribution in [0.25, 0.3) is 0 Å². The molecule has 2 heterocycles. The third-order valence-corrected chi connectivity index (χ3v) is 8.52. The number of anilines is 1. The number of hydrogen-bond donors (Lipinski definition) is 0. The Morgan fingerprint density at radius 1 is 0.973 bits per heavy atom. The van der Waals surface area contributed by atoms with Crippen LogP contribution in [0, 0.1) is 0 Å². The largest absolute Gasteiger partial charge is 0.497 e. The number of piperidine rings is 1. The van der Waals surface area contributed by atoms with E-state index in [1.165, 1.54) is 16.7 Å². The van der Waals surface area contributed by atoms with E-state index in [2.05, 4.69) is 56.0 Å². The zero-order valence-electron chi connectivity index (χ0n) is 22.0. The number of benzene rings is 3. The van der Waals surface area contributed by atoms with Crippen LogP contribution in [-0.2, 0) is 17.4 Å². The van der Waals surface area contributed by atoms with Crippen molar-refractivity contribution in [2.45, 2.75) is 51.0 Å². The van der Waals surface area contributed by atoms with E-state index in [9.17, 15) is 4.79 Å². The zero-order chi connectivity index (χ0) is 26.4. The molecule has 0 saturated carbocycles. The fourth-order valence-electron chi connectivity index (χ4n) is 5.70. The summed E-state index contributed by atoms with van der Waals surface area (Å²) in [6.45, 7) is 10.3. The smallest absolute Gasteiger partial charge is 0.259 e. The number of likely N-dealkylation sites (tertiary alicyclic amines) is 1. The molecule has 2 aliphatic rings. The van der Waals surface area contributed by atoms with Gasteiger partial charge in [0.1, 0.15) is 5.75 Å². The van der Waals surface area contributed by atoms with Gasteiger partial charge in [0.15, 0.2) is 0 Å². The van der Waals surface area contributed by atoms with Crippen molar-refractivity contribution in [3.63, 3.8) is 0 Å². The summed E-state index contributed by atoms with van der Waals surface area (Å²) in [4.78, 5) is 18.1. The number of carbonyl (C=O) groups is 1. The molecule has 2 aliphatic heterocycles. The van der Waals surface area contributed by atoms with Gasteiger partial charge in [-0.25, -0.2) is 0 Å². The SMILES string of the molecule is COc1ccc2c(c1)C1(CCN(Cc3ccc(C(C)(C)C)cc3)CC1)CN2C(=O)c1ccc(Cl)cc1Cl. The Morgan fingerprint density at radius 3 is 2.30 bits per heavy atom. The molecule has 1 saturated heterocycles. The van der Waals surface area contributed by atoms with Crippen molar-refractivity contribution in [2.24, 2.45) is 0 Å². The first-order valence-electron chi connectivity index (χ1n) is 12.9. The molecule has 0 radical (unpaired) electrons. The topological polar surface area (TPSA) is 32.8 Å². The average Bonchev–Trinajstić information content (AvgIpc) is 3.18. The Kier molecular flexibility index (Phi) is 7.04. The van der Waals surface area contributed by atoms with Crippen LogP contribution in [0.4, 0.5) is 5.69 Å². The third-order valence-electron chi connectivity index (χ3n) is 7.97. The summed E-state index contributed by atoms with van der Waals surface area (Å²) in [6.07, 6.45) is 1.96. The van der Waals surface area contributed by atoms with Crippen molar-refractivity contribution in [3.05, 3.63) is 93.0 Å². The lowest BCUT2D eigenvalue weighted by Crippen LogP contribution is -2.45. The highest BCUT2D eigenvalue weighted by Crippen LogP contribution is 2.49. The van der Waals surface area contributed by atoms with Crippen molar-refractivity contribution in [1.82, 2.24) is 4.90 Å². The van der Waals surface area contributed by atoms with Crippen molar-refractivity contribution in [3.8, 4) is 5.75 Å². The molecule has 0 unspecified atom stereocenters. The highest BCUT2D eigenvalue weighted by atomic mass is 35.5. The van der Waals surface area contributed by atoms with E-state index in [4.69, 9.17) is 27.9 Å². The van der Waals surface area contributed by atoms with Gasteiger partial charge in [-0.15, -0.1) is 0 Å². The summed E-state index contributed by atoms with van der Waals surface area (Å²) in [7, 11) is 1.69. The van der Waals surface area contributed by atoms with Gasteiger partial charge in [-0.05, 0) is 84.4 Å². The molecular weight excluding hydrogens is 503 g/mol. The minimum absolute atomic E-state index is 0.0914. The predicted molar refractivity (Wildman–Crippen MR) is 152 cm³/mol. The van der Waals surface area contributed by atoms with E-state index in [0.29, 0.717) is 22.2 Å². The Bertz CT molecular complexity index is 1310. The Morgan fingerprint density at radius 2 is 1.68 bits per heavy atom. The van der Waals surface area contributed by atoms with Crippen LogP contribution >= 0.6 is 23.2 Å². The highest BCUT2D eigenvalue weighted by molar-refractivity contribution is 6.37. The Balaban J connectivity index is 1.36. The summed E-state index contributed by atoms with van der Waals surface area (Å²) in [5.41, 5.74) is 5.36. The number of carbonyl (C=O) groups excluding carboxylic acids is 1. The molecule has 0 atom stereocenters. The Labute approximate surface area is 230 Å². The van der Waals surface area contributed by atoms with Gasteiger partial charge in [0.25, 0.3) is 5.91 Å². The van der Waals surface area contributed by atoms with Gasteiger partial charge in [0, 0.05) is 29.2 Å². The van der Waals surface area contributed by atoms with Gasteiger partial charge in [0.05, 0.1) is 17.7 Å². The summed E-state index contributed by atoms with van der Waals surface area (Å²) < 4.78 is 5.57. The number of rotatable bonds is 4. The maximum Gasteiger partial charge on any atom is 0.259 e. The molecule has 5 rings (SSSR count). The lowest BCUT2D eigenvalue weighted by molar-refractivity contribution is 0.0975. The van der Waals surface area contributed by atoms with Gasteiger partial charge < -0.3 is 9.64 Å². The minimum atomic E-state index is -0.106. The summed E-state index contributed by atoms with van der Waals surface area (Å²) in [5.74, 6) is 0.727. The van der Waals surface area contributed by atoms with Crippen molar-refractivity contribution >= 4 is 34.8 Å². The normalized spacial score (nSPS) is 17.2. The molecule has 1 spiro atoms. The maximum absolute atomic E-state index is 13.7. The Hall–Kier alpha value is -2.53. The second kappa shape index (κ2) is 9.98. The molecule has 3 aromatic rings. The van der Waals surface area contributed by atoms with Gasteiger partial charge in [-0.2, -0.15) is 0 Å². The number of nitrogens with zero attached hydrogens (tertiary/aromatic N) is 2. The number of amides is 1. The lowest BCUT2D eigenvalue weighted by atomic mass is 9.74.